The number of benzene rings is 1. The van der Waals surface area contributed by atoms with Crippen LogP contribution in [-0.4, -0.2) is 19.5 Å². The second kappa shape index (κ2) is 6.48. The Morgan fingerprint density at radius 2 is 1.93 bits per heavy atom. The summed E-state index contributed by atoms with van der Waals surface area (Å²) in [5.74, 6) is 0.887. The first-order valence-electron chi connectivity index (χ1n) is 8.72. The van der Waals surface area contributed by atoms with Crippen molar-refractivity contribution in [3.63, 3.8) is 0 Å². The normalized spacial score (nSPS) is 11.3. The van der Waals surface area contributed by atoms with Gasteiger partial charge in [-0.15, -0.1) is 11.3 Å². The summed E-state index contributed by atoms with van der Waals surface area (Å²) < 4.78 is 2.02. The van der Waals surface area contributed by atoms with Crippen molar-refractivity contribution in [2.24, 2.45) is 7.05 Å². The smallest absolute Gasteiger partial charge is 0.126 e. The summed E-state index contributed by atoms with van der Waals surface area (Å²) in [6.45, 7) is 0.740. The molecule has 4 heterocycles. The van der Waals surface area contributed by atoms with E-state index in [2.05, 4.69) is 50.6 Å². The van der Waals surface area contributed by atoms with Crippen molar-refractivity contribution >= 4 is 39.1 Å². The molecule has 4 aromatic heterocycles. The van der Waals surface area contributed by atoms with Crippen molar-refractivity contribution in [3.8, 4) is 10.6 Å². The van der Waals surface area contributed by atoms with E-state index in [0.29, 0.717) is 0 Å². The first-order chi connectivity index (χ1) is 13.3. The Kier molecular flexibility index (Phi) is 3.83. The van der Waals surface area contributed by atoms with Gasteiger partial charge in [0, 0.05) is 17.3 Å². The molecular weight excluding hydrogens is 354 g/mol. The van der Waals surface area contributed by atoms with Gasteiger partial charge in [-0.1, -0.05) is 18.2 Å². The summed E-state index contributed by atoms with van der Waals surface area (Å²) >= 11 is 1.74. The van der Waals surface area contributed by atoms with Crippen molar-refractivity contribution in [1.29, 1.82) is 0 Å². The molecule has 0 spiro atoms. The maximum atomic E-state index is 4.66. The molecule has 0 unspecified atom stereocenters. The van der Waals surface area contributed by atoms with Gasteiger partial charge < -0.3 is 9.88 Å². The maximum absolute atomic E-state index is 4.66. The Bertz CT molecular complexity index is 1250. The SMILES string of the molecule is Cn1cnc2cnc(-c3ccc(CNc4ccc5ccccc5n4)s3)cc21. The van der Waals surface area contributed by atoms with Crippen LogP contribution in [0.4, 0.5) is 5.82 Å². The van der Waals surface area contributed by atoms with E-state index in [1.165, 1.54) is 4.88 Å². The topological polar surface area (TPSA) is 55.6 Å². The Balaban J connectivity index is 1.35. The van der Waals surface area contributed by atoms with E-state index < -0.39 is 0 Å². The third-order valence-corrected chi connectivity index (χ3v) is 5.68. The van der Waals surface area contributed by atoms with Crippen LogP contribution in [0.5, 0.6) is 0 Å². The molecule has 0 atom stereocenters. The number of anilines is 1. The zero-order valence-corrected chi connectivity index (χ0v) is 15.6. The average Bonchev–Trinajstić information content (AvgIpc) is 3.33. The zero-order chi connectivity index (χ0) is 18.2. The van der Waals surface area contributed by atoms with E-state index in [4.69, 9.17) is 0 Å². The molecule has 27 heavy (non-hydrogen) atoms. The molecule has 1 aromatic carbocycles. The highest BCUT2D eigenvalue weighted by Gasteiger charge is 2.08. The lowest BCUT2D eigenvalue weighted by molar-refractivity contribution is 0.947. The lowest BCUT2D eigenvalue weighted by atomic mass is 10.2. The highest BCUT2D eigenvalue weighted by molar-refractivity contribution is 7.15. The van der Waals surface area contributed by atoms with Gasteiger partial charge in [-0.25, -0.2) is 9.97 Å². The first-order valence-corrected chi connectivity index (χ1v) is 9.54. The van der Waals surface area contributed by atoms with Crippen molar-refractivity contribution in [1.82, 2.24) is 19.5 Å². The van der Waals surface area contributed by atoms with Gasteiger partial charge in [0.1, 0.15) is 11.3 Å². The van der Waals surface area contributed by atoms with Gasteiger partial charge in [0.25, 0.3) is 0 Å². The minimum atomic E-state index is 0.740. The highest BCUT2D eigenvalue weighted by Crippen LogP contribution is 2.29. The summed E-state index contributed by atoms with van der Waals surface area (Å²) in [7, 11) is 2.00. The molecule has 0 amide bonds. The molecule has 0 radical (unpaired) electrons. The zero-order valence-electron chi connectivity index (χ0n) is 14.8. The minimum Gasteiger partial charge on any atom is -0.365 e. The van der Waals surface area contributed by atoms with Crippen LogP contribution >= 0.6 is 11.3 Å². The summed E-state index contributed by atoms with van der Waals surface area (Å²) in [6.07, 6.45) is 3.65. The largest absolute Gasteiger partial charge is 0.365 e. The van der Waals surface area contributed by atoms with E-state index in [0.717, 1.165) is 44.9 Å². The Hall–Kier alpha value is -3.25. The number of nitrogens with zero attached hydrogens (tertiary/aromatic N) is 4. The van der Waals surface area contributed by atoms with Gasteiger partial charge in [0.05, 0.1) is 40.7 Å². The van der Waals surface area contributed by atoms with Crippen molar-refractivity contribution in [2.75, 3.05) is 5.32 Å². The molecule has 1 N–H and O–H groups in total. The molecule has 0 saturated carbocycles. The number of aromatic nitrogens is 4. The number of thiophene rings is 1. The van der Waals surface area contributed by atoms with Gasteiger partial charge >= 0.3 is 0 Å². The van der Waals surface area contributed by atoms with E-state index >= 15 is 0 Å². The fourth-order valence-electron chi connectivity index (χ4n) is 3.12. The summed E-state index contributed by atoms with van der Waals surface area (Å²) in [4.78, 5) is 15.9. The third-order valence-electron chi connectivity index (χ3n) is 4.57. The van der Waals surface area contributed by atoms with E-state index in [9.17, 15) is 0 Å². The molecule has 132 valence electrons. The van der Waals surface area contributed by atoms with E-state index in [1.54, 1.807) is 11.3 Å². The van der Waals surface area contributed by atoms with Gasteiger partial charge in [-0.3, -0.25) is 4.98 Å². The van der Waals surface area contributed by atoms with Gasteiger partial charge in [0.15, 0.2) is 0 Å². The first kappa shape index (κ1) is 16.0. The van der Waals surface area contributed by atoms with Crippen molar-refractivity contribution in [3.05, 3.63) is 72.0 Å². The molecule has 0 aliphatic heterocycles. The molecule has 5 aromatic rings. The van der Waals surface area contributed by atoms with Crippen LogP contribution in [-0.2, 0) is 13.6 Å². The fourth-order valence-corrected chi connectivity index (χ4v) is 4.03. The van der Waals surface area contributed by atoms with Crippen LogP contribution < -0.4 is 5.32 Å². The minimum absolute atomic E-state index is 0.740. The molecule has 0 bridgehead atoms. The van der Waals surface area contributed by atoms with Crippen LogP contribution in [0.25, 0.3) is 32.5 Å². The molecule has 0 aliphatic carbocycles. The number of para-hydroxylation sites is 1. The van der Waals surface area contributed by atoms with Gasteiger partial charge in [-0.05, 0) is 36.4 Å². The standard InChI is InChI=1S/C21H17N5S/c1-26-13-24-18-12-22-17(10-19(18)26)20-8-7-15(27-20)11-23-21-9-6-14-4-2-3-5-16(14)25-21/h2-10,12-13H,11H2,1H3,(H,23,25). The molecule has 5 rings (SSSR count). The van der Waals surface area contributed by atoms with Crippen molar-refractivity contribution in [2.45, 2.75) is 6.54 Å². The lowest BCUT2D eigenvalue weighted by Crippen LogP contribution is -1.99. The van der Waals surface area contributed by atoms with Crippen LogP contribution in [0.2, 0.25) is 0 Å². The molecule has 6 heteroatoms. The number of rotatable bonds is 4. The number of hydrogen-bond acceptors (Lipinski definition) is 5. The molecule has 0 saturated heterocycles. The van der Waals surface area contributed by atoms with Crippen LogP contribution in [0.1, 0.15) is 4.88 Å². The summed E-state index contributed by atoms with van der Waals surface area (Å²) in [5, 5.41) is 4.57. The van der Waals surface area contributed by atoms with Gasteiger partial charge in [-0.2, -0.15) is 0 Å². The molecular formula is C21H17N5S. The number of hydrogen-bond donors (Lipinski definition) is 1. The second-order valence-corrected chi connectivity index (χ2v) is 7.59. The van der Waals surface area contributed by atoms with Crippen molar-refractivity contribution < 1.29 is 0 Å². The highest BCUT2D eigenvalue weighted by atomic mass is 32.1. The molecule has 0 aliphatic rings. The predicted molar refractivity (Wildman–Crippen MR) is 111 cm³/mol. The number of pyridine rings is 2. The Morgan fingerprint density at radius 3 is 2.89 bits per heavy atom. The van der Waals surface area contributed by atoms with E-state index in [-0.39, 0.29) is 0 Å². The summed E-state index contributed by atoms with van der Waals surface area (Å²) in [6, 6.07) is 18.6. The lowest BCUT2D eigenvalue weighted by Gasteiger charge is -2.05. The van der Waals surface area contributed by atoms with Crippen LogP contribution in [0, 0.1) is 0 Å². The molecule has 5 nitrogen and oxygen atoms in total. The average molecular weight is 371 g/mol. The quantitative estimate of drug-likeness (QED) is 0.490. The van der Waals surface area contributed by atoms with Crippen LogP contribution in [0.15, 0.2) is 67.1 Å². The monoisotopic (exact) mass is 371 g/mol. The fraction of sp³-hybridized carbons (Fsp3) is 0.0952. The number of nitrogens with one attached hydrogen (secondary N) is 1. The third kappa shape index (κ3) is 3.04. The van der Waals surface area contributed by atoms with Gasteiger partial charge in [0.2, 0.25) is 0 Å². The number of imidazole rings is 1. The summed E-state index contributed by atoms with van der Waals surface area (Å²) in [5.41, 5.74) is 3.99. The number of aryl methyl sites for hydroxylation is 1. The maximum Gasteiger partial charge on any atom is 0.126 e. The Labute approximate surface area is 160 Å². The van der Waals surface area contributed by atoms with E-state index in [1.807, 2.05) is 48.4 Å². The molecule has 0 fully saturated rings. The number of fused-ring (bicyclic) bond motifs is 2. The second-order valence-electron chi connectivity index (χ2n) is 6.42. The predicted octanol–water partition coefficient (Wildman–Crippen LogP) is 4.86. The van der Waals surface area contributed by atoms with Crippen LogP contribution in [0.3, 0.4) is 0 Å². The Morgan fingerprint density at radius 1 is 1.00 bits per heavy atom.